The highest BCUT2D eigenvalue weighted by molar-refractivity contribution is 5.98. The first-order valence-electron chi connectivity index (χ1n) is 10.5. The molecule has 3 nitrogen and oxygen atoms in total. The van der Waals surface area contributed by atoms with Crippen LogP contribution in [0.5, 0.6) is 0 Å². The van der Waals surface area contributed by atoms with Crippen molar-refractivity contribution in [1.29, 1.82) is 0 Å². The maximum atomic E-state index is 14.8. The molecule has 0 aromatic heterocycles. The Balaban J connectivity index is 1.91. The van der Waals surface area contributed by atoms with Crippen molar-refractivity contribution < 1.29 is 9.18 Å². The zero-order chi connectivity index (χ0) is 21.1. The van der Waals surface area contributed by atoms with E-state index in [2.05, 4.69) is 10.6 Å². The molecule has 0 atom stereocenters. The minimum Gasteiger partial charge on any atom is -0.383 e. The Hall–Kier alpha value is -2.62. The lowest BCUT2D eigenvalue weighted by molar-refractivity contribution is -0.117. The summed E-state index contributed by atoms with van der Waals surface area (Å²) in [6, 6.07) is 9.95. The zero-order valence-corrected chi connectivity index (χ0v) is 18.0. The number of carbonyl (C=O) groups excluding carboxylic acids is 1. The number of rotatable bonds is 7. The Kier molecular flexibility index (Phi) is 6.41. The van der Waals surface area contributed by atoms with E-state index in [-0.39, 0.29) is 17.8 Å². The van der Waals surface area contributed by atoms with Crippen LogP contribution in [-0.2, 0) is 4.79 Å². The maximum absolute atomic E-state index is 14.8. The van der Waals surface area contributed by atoms with Gasteiger partial charge in [0.15, 0.2) is 0 Å². The number of nitrogens with one attached hydrogen (secondary N) is 2. The molecule has 154 valence electrons. The van der Waals surface area contributed by atoms with E-state index in [4.69, 9.17) is 0 Å². The van der Waals surface area contributed by atoms with Crippen LogP contribution in [0.2, 0.25) is 0 Å². The van der Waals surface area contributed by atoms with Gasteiger partial charge in [-0.1, -0.05) is 19.1 Å². The third-order valence-corrected chi connectivity index (χ3v) is 5.24. The molecule has 0 bridgehead atoms. The van der Waals surface area contributed by atoms with Gasteiger partial charge in [0.1, 0.15) is 5.82 Å². The van der Waals surface area contributed by atoms with Crippen molar-refractivity contribution >= 4 is 17.7 Å². The number of halogens is 1. The van der Waals surface area contributed by atoms with Gasteiger partial charge in [-0.2, -0.15) is 0 Å². The molecule has 2 aromatic carbocycles. The van der Waals surface area contributed by atoms with Gasteiger partial charge in [-0.05, 0) is 93.5 Å². The van der Waals surface area contributed by atoms with Crippen LogP contribution in [-0.4, -0.2) is 18.0 Å². The summed E-state index contributed by atoms with van der Waals surface area (Å²) in [5.41, 5.74) is 6.06. The molecule has 2 N–H and O–H groups in total. The molecule has 1 aliphatic rings. The molecule has 1 amide bonds. The highest BCUT2D eigenvalue weighted by atomic mass is 19.1. The minimum absolute atomic E-state index is 0.0235. The molecule has 0 unspecified atom stereocenters. The molecule has 0 radical (unpaired) electrons. The maximum Gasteiger partial charge on any atom is 0.247 e. The molecule has 2 aromatic rings. The average molecular weight is 395 g/mol. The van der Waals surface area contributed by atoms with Gasteiger partial charge in [-0.3, -0.25) is 4.79 Å². The van der Waals surface area contributed by atoms with Crippen molar-refractivity contribution in [2.24, 2.45) is 0 Å². The number of carbonyl (C=O) groups is 1. The lowest BCUT2D eigenvalue weighted by atomic mass is 9.93. The molecule has 29 heavy (non-hydrogen) atoms. The first kappa shape index (κ1) is 21.1. The number of hydrogen-bond acceptors (Lipinski definition) is 2. The number of amides is 1. The van der Waals surface area contributed by atoms with E-state index in [1.807, 2.05) is 65.0 Å². The van der Waals surface area contributed by atoms with Crippen molar-refractivity contribution in [3.8, 4) is 11.1 Å². The summed E-state index contributed by atoms with van der Waals surface area (Å²) in [4.78, 5) is 12.4. The normalized spacial score (nSPS) is 14.2. The van der Waals surface area contributed by atoms with Crippen LogP contribution in [0.3, 0.4) is 0 Å². The summed E-state index contributed by atoms with van der Waals surface area (Å²) in [5, 5.41) is 6.29. The first-order chi connectivity index (χ1) is 13.8. The molecule has 1 fully saturated rings. The Bertz CT molecular complexity index is 942. The standard InChI is InChI=1S/C25H31FN2O/c1-6-18(25(29)28-20-7-8-20)13-19-11-17(5)23(12-16(19)4)22-10-9-21(14-24(22)26)27-15(2)3/h9-15,20,27H,6-8H2,1-5H3,(H,28,29)/b18-13+. The molecule has 0 heterocycles. The fourth-order valence-electron chi connectivity index (χ4n) is 3.46. The third kappa shape index (κ3) is 5.26. The second-order valence-electron chi connectivity index (χ2n) is 8.29. The predicted octanol–water partition coefficient (Wildman–Crippen LogP) is 6.00. The van der Waals surface area contributed by atoms with Crippen LogP contribution >= 0.6 is 0 Å². The second kappa shape index (κ2) is 8.81. The molecule has 0 saturated heterocycles. The molecule has 1 saturated carbocycles. The lowest BCUT2D eigenvalue weighted by Crippen LogP contribution is -2.26. The summed E-state index contributed by atoms with van der Waals surface area (Å²) in [6.07, 6.45) is 4.80. The monoisotopic (exact) mass is 394 g/mol. The highest BCUT2D eigenvalue weighted by Crippen LogP contribution is 2.31. The van der Waals surface area contributed by atoms with Gasteiger partial charge in [0.05, 0.1) is 0 Å². The van der Waals surface area contributed by atoms with E-state index in [1.165, 1.54) is 0 Å². The van der Waals surface area contributed by atoms with Crippen LogP contribution in [0.4, 0.5) is 10.1 Å². The smallest absolute Gasteiger partial charge is 0.247 e. The second-order valence-corrected chi connectivity index (χ2v) is 8.29. The summed E-state index contributed by atoms with van der Waals surface area (Å²) in [7, 11) is 0. The molecular weight excluding hydrogens is 363 g/mol. The number of hydrogen-bond donors (Lipinski definition) is 2. The highest BCUT2D eigenvalue weighted by Gasteiger charge is 2.24. The van der Waals surface area contributed by atoms with Crippen LogP contribution in [0.15, 0.2) is 35.9 Å². The Morgan fingerprint density at radius 1 is 1.14 bits per heavy atom. The zero-order valence-electron chi connectivity index (χ0n) is 18.0. The van der Waals surface area contributed by atoms with Gasteiger partial charge in [-0.25, -0.2) is 4.39 Å². The van der Waals surface area contributed by atoms with Crippen LogP contribution in [0.25, 0.3) is 17.2 Å². The molecule has 3 rings (SSSR count). The minimum atomic E-state index is -0.237. The molecule has 0 aliphatic heterocycles. The fraction of sp³-hybridized carbons (Fsp3) is 0.400. The Morgan fingerprint density at radius 2 is 1.86 bits per heavy atom. The van der Waals surface area contributed by atoms with Crippen molar-refractivity contribution in [3.05, 3.63) is 58.4 Å². The number of benzene rings is 2. The SMILES string of the molecule is CC/C(=C\c1cc(C)c(-c2ccc(NC(C)C)cc2F)cc1C)C(=O)NC1CC1. The van der Waals surface area contributed by atoms with E-state index in [1.54, 1.807) is 6.07 Å². The summed E-state index contributed by atoms with van der Waals surface area (Å²) in [6.45, 7) is 10.0. The van der Waals surface area contributed by atoms with E-state index < -0.39 is 0 Å². The fourth-order valence-corrected chi connectivity index (χ4v) is 3.46. The van der Waals surface area contributed by atoms with Crippen molar-refractivity contribution in [2.45, 2.75) is 66.0 Å². The number of aryl methyl sites for hydroxylation is 2. The topological polar surface area (TPSA) is 41.1 Å². The largest absolute Gasteiger partial charge is 0.383 e. The summed E-state index contributed by atoms with van der Waals surface area (Å²) < 4.78 is 14.8. The lowest BCUT2D eigenvalue weighted by Gasteiger charge is -2.15. The Morgan fingerprint density at radius 3 is 2.45 bits per heavy atom. The number of anilines is 1. The first-order valence-corrected chi connectivity index (χ1v) is 10.5. The van der Waals surface area contributed by atoms with Gasteiger partial charge in [-0.15, -0.1) is 0 Å². The van der Waals surface area contributed by atoms with E-state index >= 15 is 0 Å². The summed E-state index contributed by atoms with van der Waals surface area (Å²) >= 11 is 0. The van der Waals surface area contributed by atoms with Gasteiger partial charge in [0, 0.05) is 28.9 Å². The van der Waals surface area contributed by atoms with E-state index in [0.29, 0.717) is 18.0 Å². The van der Waals surface area contributed by atoms with Crippen LogP contribution in [0, 0.1) is 19.7 Å². The molecule has 0 spiro atoms. The molecule has 1 aliphatic carbocycles. The third-order valence-electron chi connectivity index (χ3n) is 5.24. The molecule has 4 heteroatoms. The average Bonchev–Trinajstić information content (AvgIpc) is 3.46. The van der Waals surface area contributed by atoms with Gasteiger partial charge in [0.2, 0.25) is 5.91 Å². The Labute approximate surface area is 173 Å². The van der Waals surface area contributed by atoms with Gasteiger partial charge < -0.3 is 10.6 Å². The van der Waals surface area contributed by atoms with Crippen molar-refractivity contribution in [2.75, 3.05) is 5.32 Å². The van der Waals surface area contributed by atoms with Crippen LogP contribution < -0.4 is 10.6 Å². The van der Waals surface area contributed by atoms with Crippen molar-refractivity contribution in [3.63, 3.8) is 0 Å². The van der Waals surface area contributed by atoms with E-state index in [0.717, 1.165) is 46.4 Å². The van der Waals surface area contributed by atoms with Crippen LogP contribution in [0.1, 0.15) is 56.7 Å². The van der Waals surface area contributed by atoms with E-state index in [9.17, 15) is 9.18 Å². The van der Waals surface area contributed by atoms with Crippen molar-refractivity contribution in [1.82, 2.24) is 5.32 Å². The summed E-state index contributed by atoms with van der Waals surface area (Å²) in [5.74, 6) is -0.213. The van der Waals surface area contributed by atoms with Gasteiger partial charge >= 0.3 is 0 Å². The molecular formula is C25H31FN2O. The quantitative estimate of drug-likeness (QED) is 0.565. The van der Waals surface area contributed by atoms with Gasteiger partial charge in [0.25, 0.3) is 0 Å². The predicted molar refractivity (Wildman–Crippen MR) is 120 cm³/mol.